The van der Waals surface area contributed by atoms with Gasteiger partial charge in [-0.3, -0.25) is 0 Å². The van der Waals surface area contributed by atoms with E-state index in [4.69, 9.17) is 6.42 Å². The zero-order chi connectivity index (χ0) is 18.0. The molecule has 24 heavy (non-hydrogen) atoms. The highest BCUT2D eigenvalue weighted by atomic mass is 32.2. The predicted molar refractivity (Wildman–Crippen MR) is 99.0 cm³/mol. The van der Waals surface area contributed by atoms with Crippen molar-refractivity contribution in [3.63, 3.8) is 0 Å². The Labute approximate surface area is 145 Å². The van der Waals surface area contributed by atoms with Crippen molar-refractivity contribution in [3.8, 4) is 12.3 Å². The Balaban J connectivity index is 2.68. The van der Waals surface area contributed by atoms with E-state index in [1.54, 1.807) is 13.8 Å². The maximum absolute atomic E-state index is 11.9. The van der Waals surface area contributed by atoms with Crippen LogP contribution in [0.4, 0.5) is 0 Å². The molecule has 1 aromatic rings. The molecular formula is C17H26N4O2S. The summed E-state index contributed by atoms with van der Waals surface area (Å²) in [4.78, 5) is 4.43. The van der Waals surface area contributed by atoms with E-state index in [1.807, 2.05) is 31.2 Å². The van der Waals surface area contributed by atoms with Crippen LogP contribution in [0, 0.1) is 12.3 Å². The molecular weight excluding hydrogens is 324 g/mol. The molecule has 0 aliphatic rings. The van der Waals surface area contributed by atoms with Crippen molar-refractivity contribution in [2.75, 3.05) is 13.1 Å². The van der Waals surface area contributed by atoms with Crippen molar-refractivity contribution in [2.24, 2.45) is 4.99 Å². The maximum atomic E-state index is 11.9. The van der Waals surface area contributed by atoms with Gasteiger partial charge in [-0.15, -0.1) is 6.42 Å². The highest BCUT2D eigenvalue weighted by Crippen LogP contribution is 2.09. The third kappa shape index (κ3) is 7.99. The first kappa shape index (κ1) is 20.0. The van der Waals surface area contributed by atoms with E-state index in [-0.39, 0.29) is 11.8 Å². The number of hydrogen-bond acceptors (Lipinski definition) is 3. The van der Waals surface area contributed by atoms with E-state index < -0.39 is 10.0 Å². The maximum Gasteiger partial charge on any atom is 0.216 e. The minimum atomic E-state index is -3.31. The molecule has 0 bridgehead atoms. The Morgan fingerprint density at radius 3 is 2.38 bits per heavy atom. The average Bonchev–Trinajstić information content (AvgIpc) is 2.49. The van der Waals surface area contributed by atoms with E-state index in [0.29, 0.717) is 19.0 Å². The fourth-order valence-corrected chi connectivity index (χ4v) is 3.44. The van der Waals surface area contributed by atoms with Crippen molar-refractivity contribution < 1.29 is 8.42 Å². The summed E-state index contributed by atoms with van der Waals surface area (Å²) in [5, 5.41) is 6.12. The topological polar surface area (TPSA) is 82.6 Å². The second-order valence-electron chi connectivity index (χ2n) is 5.60. The van der Waals surface area contributed by atoms with E-state index in [2.05, 4.69) is 26.3 Å². The van der Waals surface area contributed by atoms with E-state index >= 15 is 0 Å². The Morgan fingerprint density at radius 2 is 1.83 bits per heavy atom. The Hall–Kier alpha value is -2.04. The van der Waals surface area contributed by atoms with Crippen molar-refractivity contribution in [1.29, 1.82) is 0 Å². The number of hydrogen-bond donors (Lipinski definition) is 3. The monoisotopic (exact) mass is 350 g/mol. The number of sulfonamides is 1. The van der Waals surface area contributed by atoms with Crippen LogP contribution in [-0.4, -0.2) is 33.5 Å². The predicted octanol–water partition coefficient (Wildman–Crippen LogP) is 1.20. The van der Waals surface area contributed by atoms with Gasteiger partial charge in [-0.2, -0.15) is 0 Å². The van der Waals surface area contributed by atoms with Crippen molar-refractivity contribution >= 4 is 16.0 Å². The molecule has 6 nitrogen and oxygen atoms in total. The lowest BCUT2D eigenvalue weighted by atomic mass is 10.1. The molecule has 0 aliphatic carbocycles. The number of benzene rings is 1. The largest absolute Gasteiger partial charge is 0.357 e. The van der Waals surface area contributed by atoms with Crippen LogP contribution in [0.25, 0.3) is 0 Å². The van der Waals surface area contributed by atoms with E-state index in [1.165, 1.54) is 0 Å². The molecule has 0 aromatic heterocycles. The zero-order valence-corrected chi connectivity index (χ0v) is 15.3. The normalized spacial score (nSPS) is 12.0. The van der Waals surface area contributed by atoms with E-state index in [9.17, 15) is 8.42 Å². The smallest absolute Gasteiger partial charge is 0.216 e. The SMILES string of the molecule is C#CCNC(=NCc1ccc(CS(=O)(=O)NC(C)C)cc1)NCC. The molecule has 0 radical (unpaired) electrons. The highest BCUT2D eigenvalue weighted by Gasteiger charge is 2.12. The molecule has 0 aliphatic heterocycles. The van der Waals surface area contributed by atoms with Crippen LogP contribution in [-0.2, 0) is 22.3 Å². The van der Waals surface area contributed by atoms with Crippen LogP contribution < -0.4 is 15.4 Å². The van der Waals surface area contributed by atoms with Gasteiger partial charge in [0.05, 0.1) is 18.8 Å². The van der Waals surface area contributed by atoms with Gasteiger partial charge in [0.2, 0.25) is 10.0 Å². The van der Waals surface area contributed by atoms with Gasteiger partial charge in [-0.05, 0) is 31.9 Å². The van der Waals surface area contributed by atoms with Gasteiger partial charge in [-0.25, -0.2) is 18.1 Å². The van der Waals surface area contributed by atoms with Crippen molar-refractivity contribution in [2.45, 2.75) is 39.1 Å². The summed E-state index contributed by atoms with van der Waals surface area (Å²) in [5.74, 6) is 3.13. The summed E-state index contributed by atoms with van der Waals surface area (Å²) < 4.78 is 26.4. The first-order valence-electron chi connectivity index (χ1n) is 7.89. The molecule has 0 saturated heterocycles. The number of aliphatic imine (C=N–C) groups is 1. The minimum Gasteiger partial charge on any atom is -0.357 e. The number of nitrogens with zero attached hydrogens (tertiary/aromatic N) is 1. The first-order valence-corrected chi connectivity index (χ1v) is 9.55. The highest BCUT2D eigenvalue weighted by molar-refractivity contribution is 7.88. The Kier molecular flexibility index (Phi) is 8.30. The number of rotatable bonds is 8. The molecule has 0 amide bonds. The van der Waals surface area contributed by atoms with Crippen LogP contribution in [0.15, 0.2) is 29.3 Å². The van der Waals surface area contributed by atoms with Gasteiger partial charge in [0, 0.05) is 12.6 Å². The van der Waals surface area contributed by atoms with Crippen molar-refractivity contribution in [1.82, 2.24) is 15.4 Å². The number of terminal acetylenes is 1. The number of nitrogens with one attached hydrogen (secondary N) is 3. The summed E-state index contributed by atoms with van der Waals surface area (Å²) in [6.45, 7) is 7.22. The van der Waals surface area contributed by atoms with Crippen LogP contribution >= 0.6 is 0 Å². The fourth-order valence-electron chi connectivity index (χ4n) is 2.01. The van der Waals surface area contributed by atoms with E-state index in [0.717, 1.165) is 17.7 Å². The Bertz CT molecular complexity index is 674. The summed E-state index contributed by atoms with van der Waals surface area (Å²) >= 11 is 0. The van der Waals surface area contributed by atoms with Crippen LogP contribution in [0.5, 0.6) is 0 Å². The van der Waals surface area contributed by atoms with Crippen LogP contribution in [0.2, 0.25) is 0 Å². The van der Waals surface area contributed by atoms with Crippen molar-refractivity contribution in [3.05, 3.63) is 35.4 Å². The van der Waals surface area contributed by atoms with Gasteiger partial charge < -0.3 is 10.6 Å². The quantitative estimate of drug-likeness (QED) is 0.374. The molecule has 7 heteroatoms. The number of guanidine groups is 1. The van der Waals surface area contributed by atoms with Gasteiger partial charge in [0.1, 0.15) is 0 Å². The molecule has 1 aromatic carbocycles. The summed E-state index contributed by atoms with van der Waals surface area (Å²) in [6, 6.07) is 7.28. The van der Waals surface area contributed by atoms with Gasteiger partial charge in [0.25, 0.3) is 0 Å². The minimum absolute atomic E-state index is 0.0267. The van der Waals surface area contributed by atoms with Crippen LogP contribution in [0.3, 0.4) is 0 Å². The second-order valence-corrected chi connectivity index (χ2v) is 7.35. The lowest BCUT2D eigenvalue weighted by Gasteiger charge is -2.10. The zero-order valence-electron chi connectivity index (χ0n) is 14.5. The standard InChI is InChI=1S/C17H26N4O2S/c1-5-11-19-17(18-6-2)20-12-15-7-9-16(10-8-15)13-24(22,23)21-14(3)4/h1,7-10,14,21H,6,11-13H2,2-4H3,(H2,18,19,20). The second kappa shape index (κ2) is 9.96. The summed E-state index contributed by atoms with van der Waals surface area (Å²) in [6.07, 6.45) is 5.23. The van der Waals surface area contributed by atoms with Gasteiger partial charge in [0.15, 0.2) is 5.96 Å². The molecule has 132 valence electrons. The molecule has 0 spiro atoms. The lowest BCUT2D eigenvalue weighted by Crippen LogP contribution is -2.37. The van der Waals surface area contributed by atoms with Crippen LogP contribution in [0.1, 0.15) is 31.9 Å². The first-order chi connectivity index (χ1) is 11.4. The molecule has 0 heterocycles. The molecule has 0 saturated carbocycles. The third-order valence-corrected chi connectivity index (χ3v) is 4.46. The molecule has 0 atom stereocenters. The average molecular weight is 350 g/mol. The molecule has 1 rings (SSSR count). The van der Waals surface area contributed by atoms with Gasteiger partial charge >= 0.3 is 0 Å². The third-order valence-electron chi connectivity index (χ3n) is 2.92. The fraction of sp³-hybridized carbons (Fsp3) is 0.471. The molecule has 0 fully saturated rings. The molecule has 0 unspecified atom stereocenters. The summed E-state index contributed by atoms with van der Waals surface area (Å²) in [5.41, 5.74) is 1.74. The molecule has 3 N–H and O–H groups in total. The lowest BCUT2D eigenvalue weighted by molar-refractivity contribution is 0.569. The van der Waals surface area contributed by atoms with Gasteiger partial charge in [-0.1, -0.05) is 30.2 Å². The Morgan fingerprint density at radius 1 is 1.21 bits per heavy atom. The summed E-state index contributed by atoms with van der Waals surface area (Å²) in [7, 11) is -3.31.